The molecule has 0 aliphatic rings. The number of carboxylic acids is 1. The first-order valence-electron chi connectivity index (χ1n) is 4.90. The number of benzene rings is 1. The zero-order valence-electron chi connectivity index (χ0n) is 8.73. The highest BCUT2D eigenvalue weighted by Crippen LogP contribution is 2.20. The van der Waals surface area contributed by atoms with Crippen LogP contribution in [0.5, 0.6) is 0 Å². The van der Waals surface area contributed by atoms with Gasteiger partial charge in [-0.2, -0.15) is 0 Å². The van der Waals surface area contributed by atoms with Gasteiger partial charge >= 0.3 is 5.97 Å². The number of rotatable bonds is 3. The summed E-state index contributed by atoms with van der Waals surface area (Å²) in [6.07, 6.45) is 3.01. The molecule has 0 saturated heterocycles. The Hall–Kier alpha value is -1.81. The van der Waals surface area contributed by atoms with Gasteiger partial charge in [0.05, 0.1) is 12.1 Å². The van der Waals surface area contributed by atoms with E-state index < -0.39 is 11.8 Å². The van der Waals surface area contributed by atoms with Gasteiger partial charge in [0, 0.05) is 23.0 Å². The highest BCUT2D eigenvalue weighted by molar-refractivity contribution is 6.31. The third-order valence-electron chi connectivity index (χ3n) is 2.40. The highest BCUT2D eigenvalue weighted by Gasteiger charge is 2.09. The number of carboxylic acid groups (broad SMARTS) is 1. The van der Waals surface area contributed by atoms with E-state index in [9.17, 15) is 9.18 Å². The van der Waals surface area contributed by atoms with E-state index in [4.69, 9.17) is 16.7 Å². The van der Waals surface area contributed by atoms with Crippen molar-refractivity contribution in [2.24, 2.45) is 0 Å². The van der Waals surface area contributed by atoms with Crippen molar-refractivity contribution >= 4 is 17.6 Å². The minimum absolute atomic E-state index is 0.164. The maximum absolute atomic E-state index is 13.5. The SMILES string of the molecule is O=C(O)c1ccn(Cc2c(F)cccc2Cl)c1. The first-order valence-corrected chi connectivity index (χ1v) is 5.27. The topological polar surface area (TPSA) is 42.2 Å². The molecule has 17 heavy (non-hydrogen) atoms. The van der Waals surface area contributed by atoms with E-state index >= 15 is 0 Å². The highest BCUT2D eigenvalue weighted by atomic mass is 35.5. The molecule has 0 spiro atoms. The van der Waals surface area contributed by atoms with E-state index in [1.807, 2.05) is 0 Å². The third kappa shape index (κ3) is 2.47. The van der Waals surface area contributed by atoms with E-state index in [0.717, 1.165) is 0 Å². The van der Waals surface area contributed by atoms with Crippen LogP contribution in [-0.4, -0.2) is 15.6 Å². The molecule has 1 aromatic carbocycles. The molecular formula is C12H9ClFNO2. The van der Waals surface area contributed by atoms with Crippen molar-refractivity contribution in [1.29, 1.82) is 0 Å². The molecular weight excluding hydrogens is 245 g/mol. The second-order valence-corrected chi connectivity index (χ2v) is 3.99. The molecule has 1 N–H and O–H groups in total. The molecule has 2 aromatic rings. The van der Waals surface area contributed by atoms with Gasteiger partial charge in [-0.15, -0.1) is 0 Å². The van der Waals surface area contributed by atoms with E-state index in [-0.39, 0.29) is 12.1 Å². The molecule has 0 unspecified atom stereocenters. The van der Waals surface area contributed by atoms with E-state index in [1.165, 1.54) is 24.4 Å². The third-order valence-corrected chi connectivity index (χ3v) is 2.75. The number of hydrogen-bond donors (Lipinski definition) is 1. The molecule has 0 aliphatic carbocycles. The summed E-state index contributed by atoms with van der Waals surface area (Å²) in [5.41, 5.74) is 0.513. The Morgan fingerprint density at radius 3 is 2.76 bits per heavy atom. The van der Waals surface area contributed by atoms with Gasteiger partial charge < -0.3 is 9.67 Å². The Kier molecular flexibility index (Phi) is 3.15. The molecule has 0 radical (unpaired) electrons. The Bertz CT molecular complexity index is 545. The lowest BCUT2D eigenvalue weighted by Gasteiger charge is -2.06. The fraction of sp³-hybridized carbons (Fsp3) is 0.0833. The summed E-state index contributed by atoms with van der Waals surface area (Å²) in [4.78, 5) is 10.7. The predicted octanol–water partition coefficient (Wildman–Crippen LogP) is 3.03. The van der Waals surface area contributed by atoms with Crippen LogP contribution in [0.25, 0.3) is 0 Å². The Morgan fingerprint density at radius 2 is 2.18 bits per heavy atom. The summed E-state index contributed by atoms with van der Waals surface area (Å²) in [7, 11) is 0. The van der Waals surface area contributed by atoms with Gasteiger partial charge in [-0.25, -0.2) is 9.18 Å². The maximum atomic E-state index is 13.5. The molecule has 1 aromatic heterocycles. The van der Waals surface area contributed by atoms with Crippen molar-refractivity contribution in [2.45, 2.75) is 6.54 Å². The van der Waals surface area contributed by atoms with Crippen LogP contribution >= 0.6 is 11.6 Å². The number of carbonyl (C=O) groups is 1. The molecule has 2 rings (SSSR count). The van der Waals surface area contributed by atoms with Crippen LogP contribution in [0.4, 0.5) is 4.39 Å². The van der Waals surface area contributed by atoms with Crippen molar-refractivity contribution in [3.05, 3.63) is 58.6 Å². The normalized spacial score (nSPS) is 10.5. The molecule has 0 aliphatic heterocycles. The largest absolute Gasteiger partial charge is 0.478 e. The fourth-order valence-corrected chi connectivity index (χ4v) is 1.75. The van der Waals surface area contributed by atoms with Crippen LogP contribution in [0.1, 0.15) is 15.9 Å². The molecule has 0 amide bonds. The lowest BCUT2D eigenvalue weighted by Crippen LogP contribution is -2.01. The average molecular weight is 254 g/mol. The number of nitrogens with zero attached hydrogens (tertiary/aromatic N) is 1. The second kappa shape index (κ2) is 4.59. The lowest BCUT2D eigenvalue weighted by molar-refractivity contribution is 0.0697. The van der Waals surface area contributed by atoms with E-state index in [0.29, 0.717) is 10.6 Å². The summed E-state index contributed by atoms with van der Waals surface area (Å²) < 4.78 is 15.1. The second-order valence-electron chi connectivity index (χ2n) is 3.58. The van der Waals surface area contributed by atoms with Gasteiger partial charge in [0.25, 0.3) is 0 Å². The number of halogens is 2. The monoisotopic (exact) mass is 253 g/mol. The Balaban J connectivity index is 2.28. The first kappa shape index (κ1) is 11.7. The molecule has 0 atom stereocenters. The fourth-order valence-electron chi connectivity index (χ4n) is 1.53. The van der Waals surface area contributed by atoms with Crippen LogP contribution in [0.2, 0.25) is 5.02 Å². The smallest absolute Gasteiger partial charge is 0.337 e. The van der Waals surface area contributed by atoms with Crippen LogP contribution in [0.15, 0.2) is 36.7 Å². The average Bonchev–Trinajstić information content (AvgIpc) is 2.72. The van der Waals surface area contributed by atoms with Crippen molar-refractivity contribution in [1.82, 2.24) is 4.57 Å². The van der Waals surface area contributed by atoms with Gasteiger partial charge in [0.15, 0.2) is 0 Å². The minimum atomic E-state index is -1.01. The molecule has 0 bridgehead atoms. The summed E-state index contributed by atoms with van der Waals surface area (Å²) in [6.45, 7) is 0.207. The lowest BCUT2D eigenvalue weighted by atomic mass is 10.2. The van der Waals surface area contributed by atoms with Gasteiger partial charge in [-0.1, -0.05) is 17.7 Å². The van der Waals surface area contributed by atoms with Gasteiger partial charge in [-0.3, -0.25) is 0 Å². The summed E-state index contributed by atoms with van der Waals surface area (Å²) in [5, 5.41) is 9.09. The molecule has 88 valence electrons. The zero-order valence-corrected chi connectivity index (χ0v) is 9.49. The van der Waals surface area contributed by atoms with Crippen LogP contribution in [-0.2, 0) is 6.54 Å². The number of aromatic carboxylic acids is 1. The zero-order chi connectivity index (χ0) is 12.4. The number of aromatic nitrogens is 1. The molecule has 1 heterocycles. The van der Waals surface area contributed by atoms with Crippen LogP contribution in [0, 0.1) is 5.82 Å². The van der Waals surface area contributed by atoms with Gasteiger partial charge in [-0.05, 0) is 18.2 Å². The minimum Gasteiger partial charge on any atom is -0.478 e. The maximum Gasteiger partial charge on any atom is 0.337 e. The quantitative estimate of drug-likeness (QED) is 0.914. The van der Waals surface area contributed by atoms with Crippen molar-refractivity contribution in [3.63, 3.8) is 0 Å². The number of hydrogen-bond acceptors (Lipinski definition) is 1. The predicted molar refractivity (Wildman–Crippen MR) is 61.9 cm³/mol. The van der Waals surface area contributed by atoms with Crippen LogP contribution < -0.4 is 0 Å². The summed E-state index contributed by atoms with van der Waals surface area (Å²) in [5.74, 6) is -1.41. The summed E-state index contributed by atoms with van der Waals surface area (Å²) in [6, 6.07) is 5.90. The first-order chi connectivity index (χ1) is 8.08. The standard InChI is InChI=1S/C12H9ClFNO2/c13-10-2-1-3-11(14)9(10)7-15-5-4-8(6-15)12(16)17/h1-6H,7H2,(H,16,17). The van der Waals surface area contributed by atoms with Gasteiger partial charge in [0.2, 0.25) is 0 Å². The Labute approximate surface area is 102 Å². The summed E-state index contributed by atoms with van der Waals surface area (Å²) >= 11 is 5.88. The van der Waals surface area contributed by atoms with Crippen molar-refractivity contribution in [2.75, 3.05) is 0 Å². The van der Waals surface area contributed by atoms with Crippen LogP contribution in [0.3, 0.4) is 0 Å². The molecule has 3 nitrogen and oxygen atoms in total. The molecule has 0 fully saturated rings. The van der Waals surface area contributed by atoms with Crippen molar-refractivity contribution in [3.8, 4) is 0 Å². The molecule has 5 heteroatoms. The van der Waals surface area contributed by atoms with Gasteiger partial charge in [0.1, 0.15) is 5.82 Å². The van der Waals surface area contributed by atoms with E-state index in [1.54, 1.807) is 16.8 Å². The molecule has 0 saturated carbocycles. The van der Waals surface area contributed by atoms with Crippen molar-refractivity contribution < 1.29 is 14.3 Å². The van der Waals surface area contributed by atoms with E-state index in [2.05, 4.69) is 0 Å². The Morgan fingerprint density at radius 1 is 1.41 bits per heavy atom.